The van der Waals surface area contributed by atoms with E-state index in [1.54, 1.807) is 4.90 Å². The molecule has 0 aliphatic carbocycles. The first kappa shape index (κ1) is 32.8. The Kier molecular flexibility index (Phi) is 17.1. The van der Waals surface area contributed by atoms with Crippen LogP contribution in [0.15, 0.2) is 0 Å². The Morgan fingerprint density at radius 3 is 1.52 bits per heavy atom. The smallest absolute Gasteiger partial charge is 0.222 e. The van der Waals surface area contributed by atoms with Gasteiger partial charge in [-0.2, -0.15) is 8.61 Å². The summed E-state index contributed by atoms with van der Waals surface area (Å²) in [7, 11) is -6.05. The second-order valence-corrected chi connectivity index (χ2v) is 12.5. The molecule has 2 saturated heterocycles. The van der Waals surface area contributed by atoms with Gasteiger partial charge in [-0.25, -0.2) is 16.8 Å². The van der Waals surface area contributed by atoms with E-state index in [9.17, 15) is 26.4 Å². The van der Waals surface area contributed by atoms with Crippen LogP contribution in [0.2, 0.25) is 0 Å². The van der Waals surface area contributed by atoms with Crippen LogP contribution in [0.1, 0.15) is 25.7 Å². The van der Waals surface area contributed by atoms with Crippen LogP contribution in [0, 0.1) is 0 Å². The second-order valence-electron chi connectivity index (χ2n) is 7.40. The monoisotopic (exact) mass is 572 g/mol. The topological polar surface area (TPSA) is 124 Å². The van der Waals surface area contributed by atoms with E-state index < -0.39 is 20.0 Å². The van der Waals surface area contributed by atoms with Crippen molar-refractivity contribution in [3.8, 4) is 0 Å². The van der Waals surface area contributed by atoms with E-state index in [2.05, 4.69) is 5.32 Å². The van der Waals surface area contributed by atoms with Crippen LogP contribution in [0.25, 0.3) is 0 Å². The maximum atomic E-state index is 11.6. The maximum Gasteiger partial charge on any atom is 0.222 e. The number of carbonyl (C=O) groups excluding carboxylic acids is 2. The summed E-state index contributed by atoms with van der Waals surface area (Å²) >= 11 is 15.7. The molecule has 2 fully saturated rings. The first-order valence-corrected chi connectivity index (χ1v) is 15.7. The lowest BCUT2D eigenvalue weighted by atomic mass is 10.2. The minimum atomic E-state index is -3.12. The average molecular weight is 574 g/mol. The summed E-state index contributed by atoms with van der Waals surface area (Å²) in [6.07, 6.45) is 4.64. The van der Waals surface area contributed by atoms with Crippen molar-refractivity contribution in [2.24, 2.45) is 0 Å². The van der Waals surface area contributed by atoms with Crippen molar-refractivity contribution >= 4 is 66.0 Å². The van der Waals surface area contributed by atoms with E-state index in [0.29, 0.717) is 76.7 Å². The molecule has 15 heteroatoms. The summed E-state index contributed by atoms with van der Waals surface area (Å²) in [4.78, 5) is 23.2. The van der Waals surface area contributed by atoms with Crippen molar-refractivity contribution in [3.63, 3.8) is 0 Å². The molecule has 0 unspecified atom stereocenters. The van der Waals surface area contributed by atoms with Gasteiger partial charge >= 0.3 is 0 Å². The van der Waals surface area contributed by atoms with Gasteiger partial charge in [-0.15, -0.1) is 23.2 Å². The van der Waals surface area contributed by atoms with Crippen molar-refractivity contribution in [1.29, 1.82) is 0 Å². The summed E-state index contributed by atoms with van der Waals surface area (Å²) in [5.41, 5.74) is 0. The Balaban J connectivity index is 0.000000514. The van der Waals surface area contributed by atoms with Gasteiger partial charge in [0, 0.05) is 77.0 Å². The molecule has 2 aliphatic heterocycles. The molecule has 0 aromatic carbocycles. The van der Waals surface area contributed by atoms with Crippen LogP contribution in [0.4, 0.5) is 0 Å². The Morgan fingerprint density at radius 2 is 1.18 bits per heavy atom. The zero-order valence-corrected chi connectivity index (χ0v) is 23.0. The number of rotatable bonds is 8. The molecule has 0 saturated carbocycles. The van der Waals surface area contributed by atoms with Gasteiger partial charge in [0.1, 0.15) is 0 Å². The van der Waals surface area contributed by atoms with E-state index >= 15 is 0 Å². The third-order valence-corrected chi connectivity index (χ3v) is 7.97. The van der Waals surface area contributed by atoms with E-state index in [1.807, 2.05) is 0 Å². The van der Waals surface area contributed by atoms with Crippen LogP contribution >= 0.6 is 34.8 Å². The highest BCUT2D eigenvalue weighted by atomic mass is 35.5. The van der Waals surface area contributed by atoms with Crippen molar-refractivity contribution in [1.82, 2.24) is 18.8 Å². The van der Waals surface area contributed by atoms with Crippen LogP contribution in [-0.4, -0.2) is 118 Å². The molecule has 33 heavy (non-hydrogen) atoms. The van der Waals surface area contributed by atoms with E-state index in [0.717, 1.165) is 13.1 Å². The number of nitrogens with one attached hydrogen (secondary N) is 1. The number of hydrogen-bond donors (Lipinski definition) is 1. The van der Waals surface area contributed by atoms with E-state index in [1.165, 1.54) is 21.1 Å². The van der Waals surface area contributed by atoms with E-state index in [4.69, 9.17) is 34.8 Å². The summed E-state index contributed by atoms with van der Waals surface area (Å²) in [5.74, 6) is 1.06. The quantitative estimate of drug-likeness (QED) is 0.335. The molecule has 0 spiro atoms. The van der Waals surface area contributed by atoms with Crippen molar-refractivity contribution in [2.45, 2.75) is 25.7 Å². The molecule has 0 bridgehead atoms. The number of nitrogens with zero attached hydrogens (tertiary/aromatic N) is 3. The Morgan fingerprint density at radius 1 is 0.758 bits per heavy atom. The molecule has 0 aromatic heterocycles. The number of piperazine rings is 2. The third-order valence-electron chi connectivity index (χ3n) is 4.64. The van der Waals surface area contributed by atoms with Crippen molar-refractivity contribution in [2.75, 3.05) is 76.6 Å². The molecule has 2 rings (SSSR count). The fourth-order valence-corrected chi connectivity index (χ4v) is 4.90. The first-order valence-electron chi connectivity index (χ1n) is 10.5. The van der Waals surface area contributed by atoms with Gasteiger partial charge in [-0.05, 0) is 24.4 Å². The molecular weight excluding hydrogens is 539 g/mol. The molecule has 0 radical (unpaired) electrons. The van der Waals surface area contributed by atoms with E-state index in [-0.39, 0.29) is 11.1 Å². The number of amides is 1. The Labute approximate surface area is 213 Å². The number of hydrogen-bond acceptors (Lipinski definition) is 7. The van der Waals surface area contributed by atoms with Gasteiger partial charge in [0.15, 0.2) is 0 Å². The first-order chi connectivity index (χ1) is 15.3. The largest absolute Gasteiger partial charge is 0.340 e. The maximum absolute atomic E-state index is 11.6. The highest BCUT2D eigenvalue weighted by Crippen LogP contribution is 2.08. The van der Waals surface area contributed by atoms with Crippen LogP contribution < -0.4 is 5.32 Å². The van der Waals surface area contributed by atoms with Crippen molar-refractivity contribution < 1.29 is 26.4 Å². The standard InChI is InChI=1S/C9H17ClN2O3S.C5H12N2O2S.C4H6Cl2O/c1-16(14,15)12-7-5-11(6-8-12)9(13)3-2-4-10;1-10(8,9)7-4-2-6-3-5-7;5-3-1-2-4(6)7/h2-8H2,1H3;6H,2-5H2,1H3;1-3H2. The average Bonchev–Trinajstić information content (AvgIpc) is 2.76. The highest BCUT2D eigenvalue weighted by molar-refractivity contribution is 7.88. The van der Waals surface area contributed by atoms with Gasteiger partial charge in [-0.3, -0.25) is 9.59 Å². The molecule has 1 N–H and O–H groups in total. The molecule has 0 aromatic rings. The minimum absolute atomic E-state index is 0.0637. The fraction of sp³-hybridized carbons (Fsp3) is 0.889. The Hall–Kier alpha value is -0.210. The van der Waals surface area contributed by atoms with Gasteiger partial charge in [0.05, 0.1) is 12.5 Å². The molecule has 2 heterocycles. The predicted octanol–water partition coefficient (Wildman–Crippen LogP) is 0.731. The molecule has 1 amide bonds. The molecule has 0 atom stereocenters. The summed E-state index contributed by atoms with van der Waals surface area (Å²) in [6, 6.07) is 0. The fourth-order valence-electron chi connectivity index (χ4n) is 2.83. The zero-order chi connectivity index (χ0) is 25.5. The second kappa shape index (κ2) is 17.3. The Bertz CT molecular complexity index is 785. The highest BCUT2D eigenvalue weighted by Gasteiger charge is 2.25. The zero-order valence-electron chi connectivity index (χ0n) is 19.1. The van der Waals surface area contributed by atoms with Crippen LogP contribution in [-0.2, 0) is 29.6 Å². The number of halogens is 3. The summed E-state index contributed by atoms with van der Waals surface area (Å²) in [6.45, 7) is 4.51. The molecule has 196 valence electrons. The number of alkyl halides is 2. The lowest BCUT2D eigenvalue weighted by Gasteiger charge is -2.33. The predicted molar refractivity (Wildman–Crippen MR) is 133 cm³/mol. The molecular formula is C18H35Cl3N4O6S2. The van der Waals surface area contributed by atoms with Gasteiger partial charge in [0.2, 0.25) is 31.2 Å². The number of sulfonamides is 2. The van der Waals surface area contributed by atoms with Crippen LogP contribution in [0.3, 0.4) is 0 Å². The van der Waals surface area contributed by atoms with Crippen molar-refractivity contribution in [3.05, 3.63) is 0 Å². The SMILES string of the molecule is CS(=O)(=O)N1CCN(C(=O)CCCCl)CC1.CS(=O)(=O)N1CCNCC1.O=C(Cl)CCCCl. The lowest BCUT2D eigenvalue weighted by Crippen LogP contribution is -2.50. The summed E-state index contributed by atoms with van der Waals surface area (Å²) in [5, 5.41) is 2.78. The lowest BCUT2D eigenvalue weighted by molar-refractivity contribution is -0.132. The summed E-state index contributed by atoms with van der Waals surface area (Å²) < 4.78 is 47.1. The van der Waals surface area contributed by atoms with Crippen LogP contribution in [0.5, 0.6) is 0 Å². The number of carbonyl (C=O) groups is 2. The van der Waals surface area contributed by atoms with Gasteiger partial charge in [0.25, 0.3) is 0 Å². The third kappa shape index (κ3) is 16.2. The van der Waals surface area contributed by atoms with Gasteiger partial charge < -0.3 is 10.2 Å². The minimum Gasteiger partial charge on any atom is -0.340 e. The van der Waals surface area contributed by atoms with Gasteiger partial charge in [-0.1, -0.05) is 0 Å². The molecule has 10 nitrogen and oxygen atoms in total. The molecule has 2 aliphatic rings. The normalized spacial score (nSPS) is 17.9.